The molecule has 1 aromatic rings. The number of hydrogen-bond acceptors (Lipinski definition) is 2. The number of fused-ring (bicyclic) bond motifs is 1. The van der Waals surface area contributed by atoms with Gasteiger partial charge in [0, 0.05) is 17.6 Å². The van der Waals surface area contributed by atoms with Crippen LogP contribution in [0.3, 0.4) is 0 Å². The smallest absolute Gasteiger partial charge is 0.304 e. The minimum atomic E-state index is -1.15. The van der Waals surface area contributed by atoms with E-state index in [2.05, 4.69) is 6.58 Å². The molecule has 0 saturated carbocycles. The normalized spacial score (nSPS) is 19.8. The Labute approximate surface area is 143 Å². The van der Waals surface area contributed by atoms with E-state index in [-0.39, 0.29) is 12.3 Å². The summed E-state index contributed by atoms with van der Waals surface area (Å²) in [7, 11) is 0. The van der Waals surface area contributed by atoms with Gasteiger partial charge in [-0.3, -0.25) is 9.59 Å². The Kier molecular flexibility index (Phi) is 4.70. The highest BCUT2D eigenvalue weighted by Crippen LogP contribution is 2.54. The SMILES string of the molecule is C=CC(C)(C)[C@@]1(CC(=O)O)C(=O)N(CC=C(C)C)c2ccccc21. The fourth-order valence-corrected chi connectivity index (χ4v) is 3.40. The monoisotopic (exact) mass is 327 g/mol. The fourth-order valence-electron chi connectivity index (χ4n) is 3.40. The number of rotatable bonds is 6. The predicted molar refractivity (Wildman–Crippen MR) is 96.1 cm³/mol. The van der Waals surface area contributed by atoms with Crippen LogP contribution < -0.4 is 4.90 Å². The molecule has 1 aliphatic heterocycles. The highest BCUT2D eigenvalue weighted by molar-refractivity contribution is 6.10. The largest absolute Gasteiger partial charge is 0.481 e. The number of aliphatic carboxylic acids is 1. The first kappa shape index (κ1) is 18.0. The molecule has 24 heavy (non-hydrogen) atoms. The van der Waals surface area contributed by atoms with Gasteiger partial charge >= 0.3 is 5.97 Å². The molecule has 1 aliphatic rings. The van der Waals surface area contributed by atoms with E-state index in [0.717, 1.165) is 16.8 Å². The van der Waals surface area contributed by atoms with Gasteiger partial charge in [0.15, 0.2) is 0 Å². The zero-order chi connectivity index (χ0) is 18.1. The average Bonchev–Trinajstić information content (AvgIpc) is 2.75. The van der Waals surface area contributed by atoms with Crippen LogP contribution in [0.25, 0.3) is 0 Å². The number of para-hydroxylation sites is 1. The average molecular weight is 327 g/mol. The van der Waals surface area contributed by atoms with Gasteiger partial charge in [-0.25, -0.2) is 0 Å². The van der Waals surface area contributed by atoms with Crippen molar-refractivity contribution in [3.63, 3.8) is 0 Å². The zero-order valence-electron chi connectivity index (χ0n) is 14.8. The zero-order valence-corrected chi connectivity index (χ0v) is 14.8. The molecule has 1 N–H and O–H groups in total. The summed E-state index contributed by atoms with van der Waals surface area (Å²) in [5.74, 6) is -1.16. The van der Waals surface area contributed by atoms with Crippen molar-refractivity contribution >= 4 is 17.6 Å². The maximum Gasteiger partial charge on any atom is 0.304 e. The molecule has 4 nitrogen and oxygen atoms in total. The number of benzene rings is 1. The number of allylic oxidation sites excluding steroid dienone is 2. The van der Waals surface area contributed by atoms with Crippen molar-refractivity contribution < 1.29 is 14.7 Å². The van der Waals surface area contributed by atoms with Gasteiger partial charge in [0.1, 0.15) is 0 Å². The molecule has 1 amide bonds. The number of carboxylic acid groups (broad SMARTS) is 1. The third-order valence-electron chi connectivity index (χ3n) is 4.97. The van der Waals surface area contributed by atoms with Crippen molar-refractivity contribution in [1.29, 1.82) is 0 Å². The Morgan fingerprint density at radius 3 is 2.50 bits per heavy atom. The minimum absolute atomic E-state index is 0.173. The fraction of sp³-hybridized carbons (Fsp3) is 0.400. The van der Waals surface area contributed by atoms with Crippen LogP contribution in [-0.4, -0.2) is 23.5 Å². The van der Waals surface area contributed by atoms with Gasteiger partial charge in [0.25, 0.3) is 0 Å². The second kappa shape index (κ2) is 6.27. The van der Waals surface area contributed by atoms with Crippen molar-refractivity contribution in [1.82, 2.24) is 0 Å². The van der Waals surface area contributed by atoms with Crippen molar-refractivity contribution in [3.8, 4) is 0 Å². The maximum absolute atomic E-state index is 13.4. The highest BCUT2D eigenvalue weighted by Gasteiger charge is 2.59. The second-order valence-corrected chi connectivity index (χ2v) is 7.12. The Hall–Kier alpha value is -2.36. The molecule has 2 rings (SSSR count). The summed E-state index contributed by atoms with van der Waals surface area (Å²) in [6.07, 6.45) is 3.41. The third kappa shape index (κ3) is 2.66. The summed E-state index contributed by atoms with van der Waals surface area (Å²) in [6, 6.07) is 7.48. The van der Waals surface area contributed by atoms with E-state index in [0.29, 0.717) is 6.54 Å². The molecule has 0 aromatic heterocycles. The van der Waals surface area contributed by atoms with Crippen LogP contribution in [0.15, 0.2) is 48.6 Å². The molecule has 0 spiro atoms. The van der Waals surface area contributed by atoms with E-state index in [1.165, 1.54) is 0 Å². The van der Waals surface area contributed by atoms with Gasteiger partial charge in [-0.1, -0.05) is 49.8 Å². The molecule has 1 heterocycles. The van der Waals surface area contributed by atoms with Gasteiger partial charge in [-0.05, 0) is 25.5 Å². The van der Waals surface area contributed by atoms with E-state index in [1.54, 1.807) is 11.0 Å². The molecule has 128 valence electrons. The topological polar surface area (TPSA) is 57.6 Å². The molecule has 0 saturated heterocycles. The van der Waals surface area contributed by atoms with E-state index in [9.17, 15) is 14.7 Å². The standard InChI is InChI=1S/C20H25NO3/c1-6-19(4,5)20(13-17(22)23)15-9-7-8-10-16(15)21(18(20)24)12-11-14(2)3/h6-11H,1,12-13H2,2-5H3,(H,22,23)/t20-/m1/s1. The van der Waals surface area contributed by atoms with Gasteiger partial charge in [0.05, 0.1) is 11.8 Å². The summed E-state index contributed by atoms with van der Waals surface area (Å²) in [6.45, 7) is 12.0. The van der Waals surface area contributed by atoms with Gasteiger partial charge in [0.2, 0.25) is 5.91 Å². The van der Waals surface area contributed by atoms with E-state index in [1.807, 2.05) is 58.0 Å². The lowest BCUT2D eigenvalue weighted by Crippen LogP contribution is -2.50. The summed E-state index contributed by atoms with van der Waals surface area (Å²) < 4.78 is 0. The van der Waals surface area contributed by atoms with Crippen LogP contribution in [0.2, 0.25) is 0 Å². The quantitative estimate of drug-likeness (QED) is 0.806. The first-order chi connectivity index (χ1) is 11.2. The third-order valence-corrected chi connectivity index (χ3v) is 4.97. The lowest BCUT2D eigenvalue weighted by Gasteiger charge is -2.40. The van der Waals surface area contributed by atoms with Crippen LogP contribution >= 0.6 is 0 Å². The summed E-state index contributed by atoms with van der Waals surface area (Å²) >= 11 is 0. The Bertz CT molecular complexity index is 713. The Morgan fingerprint density at radius 2 is 1.96 bits per heavy atom. The highest BCUT2D eigenvalue weighted by atomic mass is 16.4. The number of nitrogens with zero attached hydrogens (tertiary/aromatic N) is 1. The van der Waals surface area contributed by atoms with Gasteiger partial charge < -0.3 is 10.0 Å². The number of amides is 1. The van der Waals surface area contributed by atoms with Crippen molar-refractivity contribution in [2.24, 2.45) is 5.41 Å². The van der Waals surface area contributed by atoms with Crippen LogP contribution in [0.4, 0.5) is 5.69 Å². The maximum atomic E-state index is 13.4. The second-order valence-electron chi connectivity index (χ2n) is 7.12. The molecular weight excluding hydrogens is 302 g/mol. The number of carbonyl (C=O) groups excluding carboxylic acids is 1. The summed E-state index contributed by atoms with van der Waals surface area (Å²) in [5, 5.41) is 9.53. The Balaban J connectivity index is 2.71. The van der Waals surface area contributed by atoms with Crippen LogP contribution in [-0.2, 0) is 15.0 Å². The Morgan fingerprint density at radius 1 is 1.33 bits per heavy atom. The minimum Gasteiger partial charge on any atom is -0.481 e. The number of carbonyl (C=O) groups is 2. The summed E-state index contributed by atoms with van der Waals surface area (Å²) in [4.78, 5) is 26.7. The molecule has 1 aromatic carbocycles. The first-order valence-corrected chi connectivity index (χ1v) is 8.07. The van der Waals surface area contributed by atoms with E-state index >= 15 is 0 Å². The molecule has 0 radical (unpaired) electrons. The number of carboxylic acids is 1. The lowest BCUT2D eigenvalue weighted by molar-refractivity contribution is -0.143. The molecule has 0 aliphatic carbocycles. The van der Waals surface area contributed by atoms with Crippen LogP contribution in [0.1, 0.15) is 39.7 Å². The van der Waals surface area contributed by atoms with E-state index < -0.39 is 16.8 Å². The molecule has 0 unspecified atom stereocenters. The molecular formula is C20H25NO3. The van der Waals surface area contributed by atoms with Crippen molar-refractivity contribution in [2.45, 2.75) is 39.5 Å². The van der Waals surface area contributed by atoms with Crippen LogP contribution in [0, 0.1) is 5.41 Å². The first-order valence-electron chi connectivity index (χ1n) is 8.07. The molecule has 1 atom stereocenters. The summed E-state index contributed by atoms with van der Waals surface area (Å²) in [5.41, 5.74) is 0.824. The van der Waals surface area contributed by atoms with Crippen LogP contribution in [0.5, 0.6) is 0 Å². The molecule has 0 fully saturated rings. The number of anilines is 1. The van der Waals surface area contributed by atoms with E-state index in [4.69, 9.17) is 0 Å². The van der Waals surface area contributed by atoms with Crippen molar-refractivity contribution in [2.75, 3.05) is 11.4 Å². The van der Waals surface area contributed by atoms with Gasteiger partial charge in [-0.2, -0.15) is 0 Å². The predicted octanol–water partition coefficient (Wildman–Crippen LogP) is 3.92. The lowest BCUT2D eigenvalue weighted by atomic mass is 9.60. The number of hydrogen-bond donors (Lipinski definition) is 1. The van der Waals surface area contributed by atoms with Gasteiger partial charge in [-0.15, -0.1) is 6.58 Å². The molecule has 0 bridgehead atoms. The molecule has 4 heteroatoms. The van der Waals surface area contributed by atoms with Crippen molar-refractivity contribution in [3.05, 3.63) is 54.1 Å².